The maximum atomic E-state index is 13.1. The van der Waals surface area contributed by atoms with Crippen LogP contribution < -0.4 is 0 Å². The summed E-state index contributed by atoms with van der Waals surface area (Å²) in [6.45, 7) is 2.14. The number of hydrogen-bond acceptors (Lipinski definition) is 4. The maximum absolute atomic E-state index is 13.1. The van der Waals surface area contributed by atoms with Gasteiger partial charge in [-0.1, -0.05) is 55.5 Å². The molecule has 33 heavy (non-hydrogen) atoms. The van der Waals surface area contributed by atoms with E-state index in [9.17, 15) is 9.59 Å². The van der Waals surface area contributed by atoms with Crippen LogP contribution in [0.2, 0.25) is 0 Å². The molecule has 0 atom stereocenters. The number of Topliss-reactive ketones (excluding diaryl/α,β-unsaturated/α-hetero) is 2. The number of aromatic nitrogens is 2. The van der Waals surface area contributed by atoms with Gasteiger partial charge in [-0.25, -0.2) is 4.98 Å². The minimum Gasteiger partial charge on any atom is -0.326 e. The van der Waals surface area contributed by atoms with Gasteiger partial charge in [0.25, 0.3) is 0 Å². The lowest BCUT2D eigenvalue weighted by Crippen LogP contribution is -1.99. The van der Waals surface area contributed by atoms with Crippen molar-refractivity contribution in [1.29, 1.82) is 0 Å². The van der Waals surface area contributed by atoms with Crippen molar-refractivity contribution >= 4 is 50.1 Å². The molecule has 6 rings (SSSR count). The van der Waals surface area contributed by atoms with E-state index in [1.54, 1.807) is 6.08 Å². The molecule has 0 fully saturated rings. The van der Waals surface area contributed by atoms with Crippen LogP contribution in [0.25, 0.3) is 38.6 Å². The fourth-order valence-corrected chi connectivity index (χ4v) is 5.50. The number of aryl methyl sites for hydroxylation is 2. The van der Waals surface area contributed by atoms with Crippen molar-refractivity contribution in [3.05, 3.63) is 93.9 Å². The molecule has 0 aliphatic heterocycles. The van der Waals surface area contributed by atoms with E-state index >= 15 is 0 Å². The normalized spacial score (nSPS) is 13.3. The molecule has 0 N–H and O–H groups in total. The van der Waals surface area contributed by atoms with Crippen molar-refractivity contribution in [3.63, 3.8) is 0 Å². The second-order valence-electron chi connectivity index (χ2n) is 8.35. The van der Waals surface area contributed by atoms with Gasteiger partial charge in [-0.2, -0.15) is 0 Å². The van der Waals surface area contributed by atoms with Crippen molar-refractivity contribution in [2.24, 2.45) is 7.05 Å². The number of nitrogens with zero attached hydrogens (tertiary/aromatic N) is 2. The first-order chi connectivity index (χ1) is 16.0. The van der Waals surface area contributed by atoms with Crippen molar-refractivity contribution in [2.45, 2.75) is 13.3 Å². The van der Waals surface area contributed by atoms with Gasteiger partial charge in [0.15, 0.2) is 11.6 Å². The van der Waals surface area contributed by atoms with E-state index in [2.05, 4.69) is 35.8 Å². The van der Waals surface area contributed by atoms with Crippen LogP contribution in [0.5, 0.6) is 0 Å². The van der Waals surface area contributed by atoms with Crippen LogP contribution >= 0.6 is 11.3 Å². The lowest BCUT2D eigenvalue weighted by molar-refractivity contribution is 0.0990. The molecular formula is C28H20N2O2S. The highest BCUT2D eigenvalue weighted by Crippen LogP contribution is 2.35. The summed E-state index contributed by atoms with van der Waals surface area (Å²) in [5.74, 6) is 0.496. The summed E-state index contributed by atoms with van der Waals surface area (Å²) in [4.78, 5) is 32.7. The molecule has 1 aliphatic carbocycles. The Hall–Kier alpha value is -3.83. The molecule has 5 aromatic rings. The van der Waals surface area contributed by atoms with Gasteiger partial charge in [-0.15, -0.1) is 11.3 Å². The predicted molar refractivity (Wildman–Crippen MR) is 134 cm³/mol. The van der Waals surface area contributed by atoms with E-state index in [1.165, 1.54) is 16.9 Å². The number of carbonyl (C=O) groups is 2. The number of carbonyl (C=O) groups excluding carboxylic acids is 2. The number of hydrogen-bond donors (Lipinski definition) is 0. The predicted octanol–water partition coefficient (Wildman–Crippen LogP) is 6.48. The van der Waals surface area contributed by atoms with E-state index in [-0.39, 0.29) is 17.1 Å². The molecule has 0 unspecified atom stereocenters. The van der Waals surface area contributed by atoms with E-state index < -0.39 is 0 Å². The molecule has 0 saturated heterocycles. The number of benzene rings is 3. The van der Waals surface area contributed by atoms with Gasteiger partial charge in [0, 0.05) is 28.6 Å². The van der Waals surface area contributed by atoms with E-state index in [1.807, 2.05) is 49.5 Å². The highest BCUT2D eigenvalue weighted by atomic mass is 32.1. The zero-order valence-corrected chi connectivity index (χ0v) is 19.1. The van der Waals surface area contributed by atoms with Crippen molar-refractivity contribution in [3.8, 4) is 11.4 Å². The first-order valence-electron chi connectivity index (χ1n) is 10.9. The quantitative estimate of drug-likeness (QED) is 0.234. The van der Waals surface area contributed by atoms with Crippen molar-refractivity contribution in [2.75, 3.05) is 0 Å². The molecule has 2 heterocycles. The van der Waals surface area contributed by atoms with Gasteiger partial charge in [0.05, 0.1) is 11.1 Å². The highest BCUT2D eigenvalue weighted by Gasteiger charge is 2.33. The molecule has 4 nitrogen and oxygen atoms in total. The van der Waals surface area contributed by atoms with E-state index in [0.717, 1.165) is 43.8 Å². The highest BCUT2D eigenvalue weighted by molar-refractivity contribution is 7.19. The average Bonchev–Trinajstić information content (AvgIpc) is 3.45. The topological polar surface area (TPSA) is 52.0 Å². The Kier molecular flexibility index (Phi) is 4.42. The Balaban J connectivity index is 1.38. The number of rotatable bonds is 3. The zero-order chi connectivity index (χ0) is 22.7. The summed E-state index contributed by atoms with van der Waals surface area (Å²) in [5, 5.41) is 1.92. The van der Waals surface area contributed by atoms with Crippen LogP contribution in [0.1, 0.15) is 38.1 Å². The summed E-state index contributed by atoms with van der Waals surface area (Å²) in [6.07, 6.45) is 2.72. The van der Waals surface area contributed by atoms with Crippen LogP contribution in [-0.2, 0) is 13.5 Å². The molecule has 0 spiro atoms. The van der Waals surface area contributed by atoms with Gasteiger partial charge in [0.1, 0.15) is 10.7 Å². The lowest BCUT2D eigenvalue weighted by atomic mass is 10.0. The first kappa shape index (κ1) is 19.8. The third-order valence-electron chi connectivity index (χ3n) is 6.37. The van der Waals surface area contributed by atoms with Gasteiger partial charge in [-0.3, -0.25) is 9.59 Å². The Morgan fingerprint density at radius 2 is 1.55 bits per heavy atom. The molecule has 160 valence electrons. The standard InChI is InChI=1S/C28H20N2O2S/c1-3-16-8-10-17(11-9-16)27-29-28-24(30(27)2)15-20(33-28)14-23-25(31)21-12-18-6-4-5-7-19(18)13-22(21)26(23)32/h4-15H,3H2,1-2H3. The number of fused-ring (bicyclic) bond motifs is 3. The van der Waals surface area contributed by atoms with Crippen LogP contribution in [0, 0.1) is 0 Å². The minimum atomic E-state index is -0.206. The van der Waals surface area contributed by atoms with Gasteiger partial charge < -0.3 is 4.57 Å². The van der Waals surface area contributed by atoms with Crippen molar-refractivity contribution < 1.29 is 9.59 Å². The third-order valence-corrected chi connectivity index (χ3v) is 7.34. The fraction of sp³-hybridized carbons (Fsp3) is 0.107. The van der Waals surface area contributed by atoms with Crippen LogP contribution in [0.4, 0.5) is 0 Å². The average molecular weight is 449 g/mol. The van der Waals surface area contributed by atoms with Crippen LogP contribution in [-0.4, -0.2) is 21.1 Å². The molecule has 0 bridgehead atoms. The Morgan fingerprint density at radius 3 is 2.12 bits per heavy atom. The van der Waals surface area contributed by atoms with Crippen LogP contribution in [0.15, 0.2) is 72.3 Å². The number of ketones is 2. The molecule has 0 radical (unpaired) electrons. The van der Waals surface area contributed by atoms with E-state index in [4.69, 9.17) is 4.98 Å². The summed E-state index contributed by atoms with van der Waals surface area (Å²) >= 11 is 1.49. The zero-order valence-electron chi connectivity index (χ0n) is 18.3. The second-order valence-corrected chi connectivity index (χ2v) is 9.41. The van der Waals surface area contributed by atoms with Crippen LogP contribution in [0.3, 0.4) is 0 Å². The Morgan fingerprint density at radius 1 is 0.909 bits per heavy atom. The molecule has 1 aliphatic rings. The Bertz CT molecular complexity index is 1580. The largest absolute Gasteiger partial charge is 0.326 e. The smallest absolute Gasteiger partial charge is 0.197 e. The van der Waals surface area contributed by atoms with Gasteiger partial charge in [-0.05, 0) is 47.0 Å². The summed E-state index contributed by atoms with van der Waals surface area (Å²) in [6, 6.07) is 21.9. The molecule has 2 aromatic heterocycles. The fourth-order valence-electron chi connectivity index (χ4n) is 4.50. The number of allylic oxidation sites excluding steroid dienone is 1. The SMILES string of the molecule is CCc1ccc(-c2nc3sc(C=C4C(=O)c5cc6ccccc6cc5C4=O)cc3n2C)cc1. The Labute approximate surface area is 194 Å². The van der Waals surface area contributed by atoms with Gasteiger partial charge in [0.2, 0.25) is 0 Å². The molecular weight excluding hydrogens is 428 g/mol. The molecule has 3 aromatic carbocycles. The van der Waals surface area contributed by atoms with E-state index in [0.29, 0.717) is 11.1 Å². The second kappa shape index (κ2) is 7.36. The molecule has 0 amide bonds. The molecule has 0 saturated carbocycles. The number of thiophene rings is 1. The minimum absolute atomic E-state index is 0.206. The van der Waals surface area contributed by atoms with Crippen molar-refractivity contribution in [1.82, 2.24) is 9.55 Å². The first-order valence-corrected chi connectivity index (χ1v) is 11.7. The van der Waals surface area contributed by atoms with Gasteiger partial charge >= 0.3 is 0 Å². The lowest BCUT2D eigenvalue weighted by Gasteiger charge is -2.03. The number of imidazole rings is 1. The summed E-state index contributed by atoms with van der Waals surface area (Å²) in [7, 11) is 2.00. The molecule has 5 heteroatoms. The maximum Gasteiger partial charge on any atom is 0.197 e. The summed E-state index contributed by atoms with van der Waals surface area (Å²) in [5.41, 5.74) is 4.55. The summed E-state index contributed by atoms with van der Waals surface area (Å²) < 4.78 is 2.06. The third kappa shape index (κ3) is 3.08. The monoisotopic (exact) mass is 448 g/mol.